The minimum Gasteiger partial charge on any atom is -0.504 e. The zero-order valence-electron chi connectivity index (χ0n) is 20.0. The summed E-state index contributed by atoms with van der Waals surface area (Å²) in [5.41, 5.74) is 3.13. The quantitative estimate of drug-likeness (QED) is 0.274. The second-order valence-corrected chi connectivity index (χ2v) is 11.7. The van der Waals surface area contributed by atoms with E-state index in [9.17, 15) is 5.11 Å². The first kappa shape index (κ1) is 20.0. The topological polar surface area (TPSA) is 29.5 Å². The van der Waals surface area contributed by atoms with Crippen molar-refractivity contribution in [2.24, 2.45) is 17.8 Å². The first-order valence-corrected chi connectivity index (χ1v) is 13.3. The van der Waals surface area contributed by atoms with Gasteiger partial charge in [0.2, 0.25) is 0 Å². The highest BCUT2D eigenvalue weighted by Gasteiger charge is 2.51. The van der Waals surface area contributed by atoms with Crippen LogP contribution >= 0.6 is 0 Å². The minimum absolute atomic E-state index is 0.243. The molecular formula is C33H30O2. The molecule has 5 aromatic carbocycles. The molecule has 2 nitrogen and oxygen atoms in total. The smallest absolute Gasteiger partial charge is 0.169 e. The lowest BCUT2D eigenvalue weighted by molar-refractivity contribution is -0.00520. The van der Waals surface area contributed by atoms with Crippen LogP contribution < -0.4 is 4.74 Å². The van der Waals surface area contributed by atoms with E-state index in [0.29, 0.717) is 17.8 Å². The molecule has 0 amide bonds. The van der Waals surface area contributed by atoms with Crippen LogP contribution in [0.25, 0.3) is 32.3 Å². The summed E-state index contributed by atoms with van der Waals surface area (Å²) in [7, 11) is 0. The third-order valence-electron chi connectivity index (χ3n) is 9.59. The van der Waals surface area contributed by atoms with Gasteiger partial charge in [-0.2, -0.15) is 0 Å². The van der Waals surface area contributed by atoms with Crippen LogP contribution in [0.3, 0.4) is 0 Å². The molecule has 2 heteroatoms. The van der Waals surface area contributed by atoms with Gasteiger partial charge in [-0.05, 0) is 83.6 Å². The summed E-state index contributed by atoms with van der Waals surface area (Å²) in [6.45, 7) is 0.453. The number of benzene rings is 5. The number of phenolic OH excluding ortho intramolecular Hbond substituents is 1. The van der Waals surface area contributed by atoms with E-state index < -0.39 is 0 Å². The van der Waals surface area contributed by atoms with E-state index in [1.807, 2.05) is 18.2 Å². The van der Waals surface area contributed by atoms with Crippen LogP contribution in [0.4, 0.5) is 0 Å². The van der Waals surface area contributed by atoms with Crippen LogP contribution in [-0.2, 0) is 12.0 Å². The van der Waals surface area contributed by atoms with Gasteiger partial charge in [-0.3, -0.25) is 0 Å². The minimum atomic E-state index is 0.243. The number of ether oxygens (including phenoxy) is 1. The number of rotatable bonds is 4. The van der Waals surface area contributed by atoms with E-state index in [2.05, 4.69) is 54.6 Å². The first-order chi connectivity index (χ1) is 17.2. The van der Waals surface area contributed by atoms with Crippen LogP contribution in [0.15, 0.2) is 72.8 Å². The largest absolute Gasteiger partial charge is 0.504 e. The molecule has 4 aliphatic rings. The number of hydrogen-bond donors (Lipinski definition) is 1. The van der Waals surface area contributed by atoms with Gasteiger partial charge in [0.15, 0.2) is 11.5 Å². The van der Waals surface area contributed by atoms with Crippen molar-refractivity contribution in [3.63, 3.8) is 0 Å². The fourth-order valence-corrected chi connectivity index (χ4v) is 8.51. The molecule has 4 aliphatic carbocycles. The molecule has 0 aliphatic heterocycles. The number of hydrogen-bond acceptors (Lipinski definition) is 2. The van der Waals surface area contributed by atoms with E-state index in [1.165, 1.54) is 49.3 Å². The molecule has 0 atom stereocenters. The highest BCUT2D eigenvalue weighted by atomic mass is 16.5. The summed E-state index contributed by atoms with van der Waals surface area (Å²) < 4.78 is 6.38. The molecule has 0 saturated heterocycles. The molecule has 4 bridgehead atoms. The third-order valence-corrected chi connectivity index (χ3v) is 9.59. The van der Waals surface area contributed by atoms with Gasteiger partial charge >= 0.3 is 0 Å². The van der Waals surface area contributed by atoms with Crippen molar-refractivity contribution >= 4 is 32.3 Å². The van der Waals surface area contributed by atoms with Crippen molar-refractivity contribution in [1.82, 2.24) is 0 Å². The molecular weight excluding hydrogens is 428 g/mol. The average Bonchev–Trinajstić information content (AvgIpc) is 2.87. The monoisotopic (exact) mass is 458 g/mol. The SMILES string of the molecule is Oc1c(OCc2ccc(C34CC5CC(CC(C5)C3)C4)cc2)c2cccc3ccc4cccc1c4c32. The molecule has 4 fully saturated rings. The molecule has 4 saturated carbocycles. The summed E-state index contributed by atoms with van der Waals surface area (Å²) in [5, 5.41) is 17.7. The zero-order valence-corrected chi connectivity index (χ0v) is 20.0. The summed E-state index contributed by atoms with van der Waals surface area (Å²) in [5.74, 6) is 3.71. The highest BCUT2D eigenvalue weighted by Crippen LogP contribution is 2.60. The molecule has 9 rings (SSSR count). The van der Waals surface area contributed by atoms with Crippen molar-refractivity contribution in [3.8, 4) is 11.5 Å². The van der Waals surface area contributed by atoms with Crippen LogP contribution in [0.2, 0.25) is 0 Å². The standard InChI is InChI=1S/C33H30O2/c34-31-27-5-1-3-24-9-10-25-4-2-6-28(30(25)29(24)27)32(31)35-19-20-7-11-26(12-8-20)33-16-21-13-22(17-33)15-23(14-21)18-33/h1-12,21-23,34H,13-19H2. The summed E-state index contributed by atoms with van der Waals surface area (Å²) in [6.07, 6.45) is 8.62. The van der Waals surface area contributed by atoms with Crippen LogP contribution in [0, 0.1) is 17.8 Å². The Bertz CT molecular complexity index is 1540. The lowest BCUT2D eigenvalue weighted by Crippen LogP contribution is -2.48. The first-order valence-electron chi connectivity index (χ1n) is 13.3. The molecule has 0 heterocycles. The summed E-state index contributed by atoms with van der Waals surface area (Å²) >= 11 is 0. The maximum atomic E-state index is 11.3. The predicted octanol–water partition coefficient (Wildman–Crippen LogP) is 8.34. The van der Waals surface area contributed by atoms with Crippen molar-refractivity contribution < 1.29 is 9.84 Å². The maximum absolute atomic E-state index is 11.3. The van der Waals surface area contributed by atoms with E-state index in [1.54, 1.807) is 5.56 Å². The fourth-order valence-electron chi connectivity index (χ4n) is 8.51. The Morgan fingerprint density at radius 3 is 1.89 bits per heavy atom. The fraction of sp³-hybridized carbons (Fsp3) is 0.333. The summed E-state index contributed by atoms with van der Waals surface area (Å²) in [6, 6.07) is 25.9. The summed E-state index contributed by atoms with van der Waals surface area (Å²) in [4.78, 5) is 0. The van der Waals surface area contributed by atoms with Crippen molar-refractivity contribution in [2.45, 2.75) is 50.5 Å². The lowest BCUT2D eigenvalue weighted by Gasteiger charge is -2.57. The van der Waals surface area contributed by atoms with Crippen molar-refractivity contribution in [1.29, 1.82) is 0 Å². The van der Waals surface area contributed by atoms with Gasteiger partial charge < -0.3 is 9.84 Å². The highest BCUT2D eigenvalue weighted by molar-refractivity contribution is 6.26. The lowest BCUT2D eigenvalue weighted by atomic mass is 9.48. The van der Waals surface area contributed by atoms with Crippen molar-refractivity contribution in [3.05, 3.63) is 83.9 Å². The maximum Gasteiger partial charge on any atom is 0.169 e. The average molecular weight is 459 g/mol. The Kier molecular flexibility index (Phi) is 4.07. The normalized spacial score (nSPS) is 27.4. The molecule has 0 unspecified atom stereocenters. The Balaban J connectivity index is 1.13. The van der Waals surface area contributed by atoms with Gasteiger partial charge in [0.25, 0.3) is 0 Å². The molecule has 0 aromatic heterocycles. The van der Waals surface area contributed by atoms with E-state index in [-0.39, 0.29) is 5.75 Å². The molecule has 35 heavy (non-hydrogen) atoms. The van der Waals surface area contributed by atoms with Gasteiger partial charge in [-0.1, -0.05) is 72.8 Å². The molecule has 5 aromatic rings. The third kappa shape index (κ3) is 2.89. The van der Waals surface area contributed by atoms with E-state index >= 15 is 0 Å². The molecule has 174 valence electrons. The van der Waals surface area contributed by atoms with Gasteiger partial charge in [0.1, 0.15) is 6.61 Å². The second-order valence-electron chi connectivity index (χ2n) is 11.7. The Labute approximate surface area is 205 Å². The van der Waals surface area contributed by atoms with Gasteiger partial charge in [-0.15, -0.1) is 0 Å². The van der Waals surface area contributed by atoms with Gasteiger partial charge in [-0.25, -0.2) is 0 Å². The van der Waals surface area contributed by atoms with Crippen LogP contribution in [0.5, 0.6) is 11.5 Å². The Hall–Kier alpha value is -3.26. The van der Waals surface area contributed by atoms with Gasteiger partial charge in [0.05, 0.1) is 0 Å². The van der Waals surface area contributed by atoms with Crippen LogP contribution in [0.1, 0.15) is 49.7 Å². The Morgan fingerprint density at radius 2 is 1.26 bits per heavy atom. The Morgan fingerprint density at radius 1 is 0.686 bits per heavy atom. The van der Waals surface area contributed by atoms with Crippen molar-refractivity contribution in [2.75, 3.05) is 0 Å². The van der Waals surface area contributed by atoms with Gasteiger partial charge in [0, 0.05) is 21.5 Å². The zero-order chi connectivity index (χ0) is 23.1. The van der Waals surface area contributed by atoms with E-state index in [4.69, 9.17) is 4.74 Å². The molecule has 0 spiro atoms. The van der Waals surface area contributed by atoms with Crippen LogP contribution in [-0.4, -0.2) is 5.11 Å². The molecule has 1 N–H and O–H groups in total. The molecule has 0 radical (unpaired) electrons. The second kappa shape index (κ2) is 7.13. The number of aromatic hydroxyl groups is 1. The van der Waals surface area contributed by atoms with E-state index in [0.717, 1.165) is 44.9 Å². The predicted molar refractivity (Wildman–Crippen MR) is 142 cm³/mol. The number of phenols is 1.